The summed E-state index contributed by atoms with van der Waals surface area (Å²) in [6, 6.07) is 9.76. The first kappa shape index (κ1) is 16.4. The lowest BCUT2D eigenvalue weighted by atomic mass is 10.1. The van der Waals surface area contributed by atoms with Crippen LogP contribution in [0.5, 0.6) is 11.5 Å². The quantitative estimate of drug-likeness (QED) is 0.785. The summed E-state index contributed by atoms with van der Waals surface area (Å²) in [4.78, 5) is 16.9. The van der Waals surface area contributed by atoms with Gasteiger partial charge in [-0.25, -0.2) is 4.98 Å². The highest BCUT2D eigenvalue weighted by molar-refractivity contribution is 5.92. The number of ether oxygens (including phenoxy) is 2. The van der Waals surface area contributed by atoms with E-state index in [4.69, 9.17) is 9.47 Å². The molecule has 3 aromatic rings. The minimum Gasteiger partial charge on any atom is -0.489 e. The Kier molecular flexibility index (Phi) is 4.24. The lowest BCUT2D eigenvalue weighted by Gasteiger charge is -2.10. The van der Waals surface area contributed by atoms with Gasteiger partial charge in [-0.3, -0.25) is 4.79 Å². The number of imidazole rings is 1. The minimum absolute atomic E-state index is 0.0959. The number of nitrogens with zero attached hydrogens (tertiary/aromatic N) is 2. The van der Waals surface area contributed by atoms with E-state index in [-0.39, 0.29) is 12.5 Å². The molecule has 0 unspecified atom stereocenters. The van der Waals surface area contributed by atoms with Gasteiger partial charge < -0.3 is 19.4 Å². The summed E-state index contributed by atoms with van der Waals surface area (Å²) in [5.41, 5.74) is 4.68. The van der Waals surface area contributed by atoms with Crippen LogP contribution in [0.4, 0.5) is 5.69 Å². The van der Waals surface area contributed by atoms with E-state index < -0.39 is 0 Å². The molecule has 0 aliphatic carbocycles. The fourth-order valence-corrected chi connectivity index (χ4v) is 3.24. The predicted molar refractivity (Wildman–Crippen MR) is 99.9 cm³/mol. The Bertz CT molecular complexity index is 958. The standard InChI is InChI=1S/C20H21N3O3/c1-13-6-14(2)8-15(7-13)22-20(24)11-23-12-21-16-9-18-19(10-17(16)23)26-5-3-4-25-18/h6-10,12H,3-5,11H2,1-2H3,(H,22,24). The molecule has 2 aromatic carbocycles. The molecule has 0 atom stereocenters. The van der Waals surface area contributed by atoms with Crippen LogP contribution in [0.1, 0.15) is 17.5 Å². The first-order chi connectivity index (χ1) is 12.6. The number of aryl methyl sites for hydroxylation is 2. The first-order valence-corrected chi connectivity index (χ1v) is 8.71. The highest BCUT2D eigenvalue weighted by Crippen LogP contribution is 2.33. The Balaban J connectivity index is 1.56. The summed E-state index contributed by atoms with van der Waals surface area (Å²) >= 11 is 0. The highest BCUT2D eigenvalue weighted by Gasteiger charge is 2.15. The third-order valence-electron chi connectivity index (χ3n) is 4.31. The first-order valence-electron chi connectivity index (χ1n) is 8.71. The van der Waals surface area contributed by atoms with E-state index in [1.807, 2.05) is 42.7 Å². The summed E-state index contributed by atoms with van der Waals surface area (Å²) in [7, 11) is 0. The zero-order chi connectivity index (χ0) is 18.1. The smallest absolute Gasteiger partial charge is 0.244 e. The largest absolute Gasteiger partial charge is 0.489 e. The van der Waals surface area contributed by atoms with Crippen LogP contribution in [0, 0.1) is 13.8 Å². The summed E-state index contributed by atoms with van der Waals surface area (Å²) in [5.74, 6) is 1.31. The van der Waals surface area contributed by atoms with Crippen LogP contribution < -0.4 is 14.8 Å². The number of rotatable bonds is 3. The van der Waals surface area contributed by atoms with Crippen molar-refractivity contribution in [3.05, 3.63) is 47.8 Å². The van der Waals surface area contributed by atoms with Gasteiger partial charge in [-0.1, -0.05) is 6.07 Å². The zero-order valence-corrected chi connectivity index (χ0v) is 14.9. The second-order valence-corrected chi connectivity index (χ2v) is 6.64. The number of hydrogen-bond acceptors (Lipinski definition) is 4. The molecule has 6 heteroatoms. The van der Waals surface area contributed by atoms with Crippen LogP contribution in [0.15, 0.2) is 36.7 Å². The molecule has 0 saturated heterocycles. The number of carbonyl (C=O) groups excluding carboxylic acids is 1. The number of benzene rings is 2. The van der Waals surface area contributed by atoms with Gasteiger partial charge in [0.15, 0.2) is 11.5 Å². The number of anilines is 1. The molecule has 0 saturated carbocycles. The number of fused-ring (bicyclic) bond motifs is 2. The van der Waals surface area contributed by atoms with Crippen molar-refractivity contribution in [1.82, 2.24) is 9.55 Å². The monoisotopic (exact) mass is 351 g/mol. The van der Waals surface area contributed by atoms with Crippen molar-refractivity contribution in [2.24, 2.45) is 0 Å². The molecule has 0 radical (unpaired) electrons. The van der Waals surface area contributed by atoms with Crippen LogP contribution in [-0.4, -0.2) is 28.7 Å². The van der Waals surface area contributed by atoms with Gasteiger partial charge in [-0.05, 0) is 37.1 Å². The zero-order valence-electron chi connectivity index (χ0n) is 14.9. The molecule has 0 bridgehead atoms. The number of carbonyl (C=O) groups is 1. The Morgan fingerprint density at radius 2 is 1.77 bits per heavy atom. The molecule has 1 aliphatic heterocycles. The third kappa shape index (κ3) is 3.35. The van der Waals surface area contributed by atoms with Gasteiger partial charge in [-0.15, -0.1) is 0 Å². The van der Waals surface area contributed by atoms with E-state index in [0.29, 0.717) is 24.7 Å². The summed E-state index contributed by atoms with van der Waals surface area (Å²) in [6.07, 6.45) is 2.52. The van der Waals surface area contributed by atoms with Crippen molar-refractivity contribution in [2.45, 2.75) is 26.8 Å². The molecule has 1 aliphatic rings. The van der Waals surface area contributed by atoms with Crippen molar-refractivity contribution in [3.8, 4) is 11.5 Å². The van der Waals surface area contributed by atoms with Gasteiger partial charge in [0.2, 0.25) is 5.91 Å². The predicted octanol–water partition coefficient (Wildman–Crippen LogP) is 3.45. The Labute approximate surface area is 151 Å². The van der Waals surface area contributed by atoms with E-state index in [9.17, 15) is 4.79 Å². The van der Waals surface area contributed by atoms with Gasteiger partial charge in [0.1, 0.15) is 6.54 Å². The number of amides is 1. The van der Waals surface area contributed by atoms with E-state index in [2.05, 4.69) is 16.4 Å². The van der Waals surface area contributed by atoms with Crippen molar-refractivity contribution in [2.75, 3.05) is 18.5 Å². The molecular weight excluding hydrogens is 330 g/mol. The molecule has 1 aromatic heterocycles. The van der Waals surface area contributed by atoms with Gasteiger partial charge in [0, 0.05) is 24.2 Å². The molecule has 6 nitrogen and oxygen atoms in total. The topological polar surface area (TPSA) is 65.4 Å². The molecule has 4 rings (SSSR count). The summed E-state index contributed by atoms with van der Waals surface area (Å²) < 4.78 is 13.3. The fraction of sp³-hybridized carbons (Fsp3) is 0.300. The van der Waals surface area contributed by atoms with Crippen LogP contribution in [0.3, 0.4) is 0 Å². The van der Waals surface area contributed by atoms with Crippen molar-refractivity contribution >= 4 is 22.6 Å². The number of nitrogens with one attached hydrogen (secondary N) is 1. The maximum absolute atomic E-state index is 12.5. The molecular formula is C20H21N3O3. The van der Waals surface area contributed by atoms with Crippen molar-refractivity contribution in [1.29, 1.82) is 0 Å². The van der Waals surface area contributed by atoms with E-state index in [1.54, 1.807) is 6.33 Å². The van der Waals surface area contributed by atoms with Crippen LogP contribution in [0.2, 0.25) is 0 Å². The van der Waals surface area contributed by atoms with Gasteiger partial charge >= 0.3 is 0 Å². The van der Waals surface area contributed by atoms with Gasteiger partial charge in [0.25, 0.3) is 0 Å². The second-order valence-electron chi connectivity index (χ2n) is 6.64. The summed E-state index contributed by atoms with van der Waals surface area (Å²) in [6.45, 7) is 5.47. The summed E-state index contributed by atoms with van der Waals surface area (Å²) in [5, 5.41) is 2.96. The molecule has 1 amide bonds. The molecule has 1 N–H and O–H groups in total. The average Bonchev–Trinajstić information content (AvgIpc) is 2.81. The second kappa shape index (κ2) is 6.71. The Hall–Kier alpha value is -3.02. The SMILES string of the molecule is Cc1cc(C)cc(NC(=O)Cn2cnc3cc4c(cc32)OCCCO4)c1. The van der Waals surface area contributed by atoms with Crippen LogP contribution in [-0.2, 0) is 11.3 Å². The molecule has 134 valence electrons. The van der Waals surface area contributed by atoms with E-state index in [1.165, 1.54) is 0 Å². The van der Waals surface area contributed by atoms with Crippen molar-refractivity contribution in [3.63, 3.8) is 0 Å². The maximum Gasteiger partial charge on any atom is 0.244 e. The lowest BCUT2D eigenvalue weighted by molar-refractivity contribution is -0.116. The van der Waals surface area contributed by atoms with Gasteiger partial charge in [-0.2, -0.15) is 0 Å². The average molecular weight is 351 g/mol. The van der Waals surface area contributed by atoms with Crippen molar-refractivity contribution < 1.29 is 14.3 Å². The Morgan fingerprint density at radius 3 is 2.50 bits per heavy atom. The minimum atomic E-state index is -0.0959. The van der Waals surface area contributed by atoms with Crippen LogP contribution in [0.25, 0.3) is 11.0 Å². The molecule has 0 spiro atoms. The Morgan fingerprint density at radius 1 is 1.08 bits per heavy atom. The maximum atomic E-state index is 12.5. The van der Waals surface area contributed by atoms with Gasteiger partial charge in [0.05, 0.1) is 30.6 Å². The lowest BCUT2D eigenvalue weighted by Crippen LogP contribution is -2.18. The molecule has 0 fully saturated rings. The highest BCUT2D eigenvalue weighted by atomic mass is 16.5. The van der Waals surface area contributed by atoms with E-state index in [0.717, 1.165) is 34.3 Å². The van der Waals surface area contributed by atoms with E-state index >= 15 is 0 Å². The fourth-order valence-electron chi connectivity index (χ4n) is 3.24. The molecule has 2 heterocycles. The number of aromatic nitrogens is 2. The van der Waals surface area contributed by atoms with Crippen LogP contribution >= 0.6 is 0 Å². The third-order valence-corrected chi connectivity index (χ3v) is 4.31. The molecule has 26 heavy (non-hydrogen) atoms. The number of hydrogen-bond donors (Lipinski definition) is 1. The normalized spacial score (nSPS) is 13.5.